The molecule has 1 aromatic rings. The van der Waals surface area contributed by atoms with Crippen molar-refractivity contribution in [3.8, 4) is 6.07 Å². The molecule has 0 bridgehead atoms. The van der Waals surface area contributed by atoms with Crippen LogP contribution in [0.2, 0.25) is 0 Å². The van der Waals surface area contributed by atoms with Gasteiger partial charge in [-0.3, -0.25) is 10.1 Å². The first-order valence-electron chi connectivity index (χ1n) is 7.19. The van der Waals surface area contributed by atoms with E-state index in [2.05, 4.69) is 5.32 Å². The molecule has 1 aliphatic carbocycles. The van der Waals surface area contributed by atoms with Crippen molar-refractivity contribution in [3.63, 3.8) is 0 Å². The second-order valence-corrected chi connectivity index (χ2v) is 5.47. The van der Waals surface area contributed by atoms with Gasteiger partial charge in [-0.15, -0.1) is 0 Å². The fourth-order valence-electron chi connectivity index (χ4n) is 2.93. The standard InChI is InChI=1S/C15H19N3O3/c16-8-11-5-6-14(7-15(11)18(20)21)17-9-12-3-1-2-4-13(12)10-19/h5-7,12-13,17,19H,1-4,9-10H2. The van der Waals surface area contributed by atoms with Crippen LogP contribution in [-0.4, -0.2) is 23.2 Å². The highest BCUT2D eigenvalue weighted by Gasteiger charge is 2.24. The van der Waals surface area contributed by atoms with Crippen LogP contribution >= 0.6 is 0 Å². The number of benzene rings is 1. The topological polar surface area (TPSA) is 99.2 Å². The predicted octanol–water partition coefficient (Wildman–Crippen LogP) is 2.68. The van der Waals surface area contributed by atoms with Crippen molar-refractivity contribution in [3.05, 3.63) is 33.9 Å². The van der Waals surface area contributed by atoms with Gasteiger partial charge in [-0.25, -0.2) is 0 Å². The van der Waals surface area contributed by atoms with E-state index in [1.807, 2.05) is 6.07 Å². The van der Waals surface area contributed by atoms with Crippen LogP contribution in [0.1, 0.15) is 31.2 Å². The molecule has 0 radical (unpaired) electrons. The summed E-state index contributed by atoms with van der Waals surface area (Å²) in [5, 5.41) is 32.4. The van der Waals surface area contributed by atoms with Crippen molar-refractivity contribution in [2.45, 2.75) is 25.7 Å². The Bertz CT molecular complexity index is 554. The summed E-state index contributed by atoms with van der Waals surface area (Å²) >= 11 is 0. The number of nitrogens with one attached hydrogen (secondary N) is 1. The van der Waals surface area contributed by atoms with Gasteiger partial charge in [0, 0.05) is 24.9 Å². The highest BCUT2D eigenvalue weighted by Crippen LogP contribution is 2.30. The Hall–Kier alpha value is -2.13. The second kappa shape index (κ2) is 7.04. The van der Waals surface area contributed by atoms with Crippen LogP contribution in [-0.2, 0) is 0 Å². The summed E-state index contributed by atoms with van der Waals surface area (Å²) in [4.78, 5) is 10.4. The van der Waals surface area contributed by atoms with E-state index < -0.39 is 4.92 Å². The number of aliphatic hydroxyl groups excluding tert-OH is 1. The zero-order chi connectivity index (χ0) is 15.2. The molecule has 112 valence electrons. The average molecular weight is 289 g/mol. The molecule has 1 saturated carbocycles. The fourth-order valence-corrected chi connectivity index (χ4v) is 2.93. The molecule has 6 heteroatoms. The third-order valence-corrected chi connectivity index (χ3v) is 4.18. The summed E-state index contributed by atoms with van der Waals surface area (Å²) in [6, 6.07) is 6.37. The first-order chi connectivity index (χ1) is 10.2. The molecular formula is C15H19N3O3. The molecule has 0 aromatic heterocycles. The average Bonchev–Trinajstić information content (AvgIpc) is 2.52. The van der Waals surface area contributed by atoms with Gasteiger partial charge in [0.15, 0.2) is 0 Å². The zero-order valence-electron chi connectivity index (χ0n) is 11.8. The second-order valence-electron chi connectivity index (χ2n) is 5.47. The lowest BCUT2D eigenvalue weighted by Crippen LogP contribution is -2.28. The summed E-state index contributed by atoms with van der Waals surface area (Å²) in [7, 11) is 0. The highest BCUT2D eigenvalue weighted by molar-refractivity contribution is 5.59. The molecular weight excluding hydrogens is 270 g/mol. The third kappa shape index (κ3) is 3.70. The van der Waals surface area contributed by atoms with E-state index in [4.69, 9.17) is 5.26 Å². The minimum absolute atomic E-state index is 0.0662. The Kier molecular flexibility index (Phi) is 5.12. The smallest absolute Gasteiger partial charge is 0.289 e. The maximum Gasteiger partial charge on any atom is 0.289 e. The lowest BCUT2D eigenvalue weighted by molar-refractivity contribution is -0.385. The van der Waals surface area contributed by atoms with Crippen molar-refractivity contribution in [2.75, 3.05) is 18.5 Å². The Morgan fingerprint density at radius 1 is 1.38 bits per heavy atom. The van der Waals surface area contributed by atoms with E-state index in [9.17, 15) is 15.2 Å². The van der Waals surface area contributed by atoms with E-state index in [0.717, 1.165) is 25.7 Å². The quantitative estimate of drug-likeness (QED) is 0.641. The number of hydrogen-bond donors (Lipinski definition) is 2. The van der Waals surface area contributed by atoms with Gasteiger partial charge in [0.1, 0.15) is 11.6 Å². The maximum atomic E-state index is 10.9. The fraction of sp³-hybridized carbons (Fsp3) is 0.533. The van der Waals surface area contributed by atoms with Crippen LogP contribution in [0, 0.1) is 33.3 Å². The first kappa shape index (κ1) is 15.3. The molecule has 2 atom stereocenters. The predicted molar refractivity (Wildman–Crippen MR) is 78.8 cm³/mol. The van der Waals surface area contributed by atoms with Crippen molar-refractivity contribution in [1.82, 2.24) is 0 Å². The minimum Gasteiger partial charge on any atom is -0.396 e. The van der Waals surface area contributed by atoms with Gasteiger partial charge < -0.3 is 10.4 Å². The summed E-state index contributed by atoms with van der Waals surface area (Å²) < 4.78 is 0. The Balaban J connectivity index is 2.04. The Morgan fingerprint density at radius 3 is 2.71 bits per heavy atom. The van der Waals surface area contributed by atoms with E-state index in [1.165, 1.54) is 12.1 Å². The molecule has 1 aromatic carbocycles. The summed E-state index contributed by atoms with van der Waals surface area (Å²) in [5.74, 6) is 0.693. The number of nitriles is 1. The van der Waals surface area contributed by atoms with Gasteiger partial charge in [-0.1, -0.05) is 12.8 Å². The molecule has 1 aliphatic rings. The molecule has 0 heterocycles. The molecule has 2 unspecified atom stereocenters. The van der Waals surface area contributed by atoms with Crippen LogP contribution in [0.3, 0.4) is 0 Å². The highest BCUT2D eigenvalue weighted by atomic mass is 16.6. The van der Waals surface area contributed by atoms with Crippen molar-refractivity contribution in [2.24, 2.45) is 11.8 Å². The van der Waals surface area contributed by atoms with Gasteiger partial charge in [0.25, 0.3) is 5.69 Å². The monoisotopic (exact) mass is 289 g/mol. The first-order valence-corrected chi connectivity index (χ1v) is 7.19. The van der Waals surface area contributed by atoms with Crippen molar-refractivity contribution in [1.29, 1.82) is 5.26 Å². The molecule has 2 rings (SSSR count). The molecule has 0 spiro atoms. The van der Waals surface area contributed by atoms with E-state index >= 15 is 0 Å². The van der Waals surface area contributed by atoms with E-state index in [0.29, 0.717) is 24.1 Å². The number of rotatable bonds is 5. The summed E-state index contributed by atoms with van der Waals surface area (Å²) in [6.07, 6.45) is 4.42. The number of aliphatic hydroxyl groups is 1. The largest absolute Gasteiger partial charge is 0.396 e. The van der Waals surface area contributed by atoms with Crippen LogP contribution in [0.15, 0.2) is 18.2 Å². The van der Waals surface area contributed by atoms with Crippen molar-refractivity contribution < 1.29 is 10.0 Å². The normalized spacial score (nSPS) is 21.5. The molecule has 6 nitrogen and oxygen atoms in total. The Morgan fingerprint density at radius 2 is 2.10 bits per heavy atom. The van der Waals surface area contributed by atoms with Gasteiger partial charge in [-0.05, 0) is 36.8 Å². The van der Waals surface area contributed by atoms with Crippen LogP contribution in [0.5, 0.6) is 0 Å². The number of nitro benzene ring substituents is 1. The molecule has 2 N–H and O–H groups in total. The van der Waals surface area contributed by atoms with Gasteiger partial charge in [0.05, 0.1) is 4.92 Å². The van der Waals surface area contributed by atoms with Crippen LogP contribution < -0.4 is 5.32 Å². The lowest BCUT2D eigenvalue weighted by Gasteiger charge is -2.30. The maximum absolute atomic E-state index is 10.9. The zero-order valence-corrected chi connectivity index (χ0v) is 11.8. The number of anilines is 1. The summed E-state index contributed by atoms with van der Waals surface area (Å²) in [5.41, 5.74) is 0.532. The van der Waals surface area contributed by atoms with E-state index in [-0.39, 0.29) is 17.9 Å². The van der Waals surface area contributed by atoms with Gasteiger partial charge >= 0.3 is 0 Å². The molecule has 0 saturated heterocycles. The van der Waals surface area contributed by atoms with E-state index in [1.54, 1.807) is 6.07 Å². The lowest BCUT2D eigenvalue weighted by atomic mass is 9.79. The SMILES string of the molecule is N#Cc1ccc(NCC2CCCCC2CO)cc1[N+](=O)[O-]. The Labute approximate surface area is 123 Å². The third-order valence-electron chi connectivity index (χ3n) is 4.18. The van der Waals surface area contributed by atoms with Gasteiger partial charge in [0.2, 0.25) is 0 Å². The molecule has 1 fully saturated rings. The minimum atomic E-state index is -0.541. The molecule has 21 heavy (non-hydrogen) atoms. The van der Waals surface area contributed by atoms with Crippen molar-refractivity contribution >= 4 is 11.4 Å². The van der Waals surface area contributed by atoms with Gasteiger partial charge in [-0.2, -0.15) is 5.26 Å². The number of hydrogen-bond acceptors (Lipinski definition) is 5. The summed E-state index contributed by atoms with van der Waals surface area (Å²) in [6.45, 7) is 0.883. The number of nitro groups is 1. The van der Waals surface area contributed by atoms with Crippen LogP contribution in [0.25, 0.3) is 0 Å². The van der Waals surface area contributed by atoms with Crippen LogP contribution in [0.4, 0.5) is 11.4 Å². The number of nitrogens with zero attached hydrogens (tertiary/aromatic N) is 2. The molecule has 0 amide bonds. The molecule has 0 aliphatic heterocycles.